The van der Waals surface area contributed by atoms with E-state index < -0.39 is 0 Å². The first kappa shape index (κ1) is 30.3. The zero-order valence-corrected chi connectivity index (χ0v) is 27.6. The monoisotopic (exact) mass is 635 g/mol. The van der Waals surface area contributed by atoms with E-state index in [1.54, 1.807) is 12.4 Å². The van der Waals surface area contributed by atoms with Crippen LogP contribution in [0.4, 0.5) is 11.6 Å². The van der Waals surface area contributed by atoms with E-state index >= 15 is 0 Å². The second-order valence-corrected chi connectivity index (χ2v) is 14.2. The zero-order valence-electron chi connectivity index (χ0n) is 27.6. The molecule has 4 aromatic rings. The van der Waals surface area contributed by atoms with Crippen LogP contribution in [0.25, 0.3) is 22.3 Å². The van der Waals surface area contributed by atoms with Gasteiger partial charge in [0.05, 0.1) is 48.2 Å². The summed E-state index contributed by atoms with van der Waals surface area (Å²) in [5.74, 6) is 1.46. The molecule has 246 valence electrons. The molecule has 1 aromatic carbocycles. The third-order valence-corrected chi connectivity index (χ3v) is 11.0. The number of aryl methyl sites for hydroxylation is 1. The third kappa shape index (κ3) is 6.09. The van der Waals surface area contributed by atoms with Crippen molar-refractivity contribution in [1.82, 2.24) is 24.4 Å². The Morgan fingerprint density at radius 3 is 2.57 bits per heavy atom. The minimum Gasteiger partial charge on any atom is -0.493 e. The van der Waals surface area contributed by atoms with Crippen molar-refractivity contribution in [2.24, 2.45) is 11.3 Å². The second-order valence-electron chi connectivity index (χ2n) is 14.2. The molecule has 0 aliphatic carbocycles. The maximum Gasteiger partial charge on any atom is 0.258 e. The van der Waals surface area contributed by atoms with Crippen molar-refractivity contribution >= 4 is 28.6 Å². The van der Waals surface area contributed by atoms with Crippen LogP contribution in [0.2, 0.25) is 0 Å². The number of likely N-dealkylation sites (tertiary alicyclic amines) is 1. The van der Waals surface area contributed by atoms with Crippen LogP contribution in [0.3, 0.4) is 0 Å². The normalized spacial score (nSPS) is 22.4. The van der Waals surface area contributed by atoms with Gasteiger partial charge < -0.3 is 18.9 Å². The quantitative estimate of drug-likeness (QED) is 0.289. The van der Waals surface area contributed by atoms with Crippen LogP contribution in [0.1, 0.15) is 61.5 Å². The van der Waals surface area contributed by atoms with E-state index in [0.717, 1.165) is 73.7 Å². The molecule has 1 atom stereocenters. The van der Waals surface area contributed by atoms with Crippen molar-refractivity contribution in [3.63, 3.8) is 0 Å². The first-order valence-electron chi connectivity index (χ1n) is 17.4. The molecule has 0 unspecified atom stereocenters. The van der Waals surface area contributed by atoms with Crippen molar-refractivity contribution in [2.75, 3.05) is 56.2 Å². The Kier molecular flexibility index (Phi) is 8.09. The minimum atomic E-state index is -0.209. The van der Waals surface area contributed by atoms with Crippen LogP contribution in [0, 0.1) is 18.3 Å². The molecule has 1 spiro atoms. The van der Waals surface area contributed by atoms with Gasteiger partial charge in [-0.3, -0.25) is 25.0 Å². The summed E-state index contributed by atoms with van der Waals surface area (Å²) >= 11 is 0. The van der Waals surface area contributed by atoms with Gasteiger partial charge in [0.1, 0.15) is 5.75 Å². The van der Waals surface area contributed by atoms with Crippen molar-refractivity contribution in [3.8, 4) is 17.0 Å². The van der Waals surface area contributed by atoms with Gasteiger partial charge in [0, 0.05) is 49.0 Å². The number of benzene rings is 1. The lowest BCUT2D eigenvalue weighted by atomic mass is 9.71. The van der Waals surface area contributed by atoms with Crippen molar-refractivity contribution in [2.45, 2.75) is 65.0 Å². The smallest absolute Gasteiger partial charge is 0.258 e. The van der Waals surface area contributed by atoms with E-state index in [1.807, 2.05) is 25.1 Å². The molecule has 8 rings (SSSR count). The van der Waals surface area contributed by atoms with Crippen molar-refractivity contribution in [1.29, 1.82) is 0 Å². The number of nitrogens with zero attached hydrogens (tertiary/aromatic N) is 6. The summed E-state index contributed by atoms with van der Waals surface area (Å²) in [6.07, 6.45) is 10.5. The molecule has 4 aliphatic heterocycles. The molecular weight excluding hydrogens is 590 g/mol. The summed E-state index contributed by atoms with van der Waals surface area (Å²) in [6, 6.07) is 12.8. The lowest BCUT2D eigenvalue weighted by Crippen LogP contribution is -2.54. The highest BCUT2D eigenvalue weighted by molar-refractivity contribution is 6.05. The fourth-order valence-electron chi connectivity index (χ4n) is 7.95. The van der Waals surface area contributed by atoms with E-state index in [2.05, 4.69) is 49.8 Å². The van der Waals surface area contributed by atoms with Gasteiger partial charge in [-0.25, -0.2) is 4.98 Å². The molecule has 3 aromatic heterocycles. The van der Waals surface area contributed by atoms with Gasteiger partial charge in [-0.05, 0) is 106 Å². The first-order chi connectivity index (χ1) is 22.9. The Labute approximate surface area is 276 Å². The number of anilines is 2. The number of carbonyl (C=O) groups is 1. The summed E-state index contributed by atoms with van der Waals surface area (Å²) in [7, 11) is 0. The Morgan fingerprint density at radius 1 is 0.979 bits per heavy atom. The van der Waals surface area contributed by atoms with Crippen molar-refractivity contribution in [3.05, 3.63) is 60.0 Å². The Bertz CT molecular complexity index is 1770. The van der Waals surface area contributed by atoms with Gasteiger partial charge >= 0.3 is 0 Å². The molecule has 4 aliphatic rings. The average Bonchev–Trinajstić information content (AvgIpc) is 3.38. The fourth-order valence-corrected chi connectivity index (χ4v) is 7.95. The molecule has 3 saturated heterocycles. The number of rotatable bonds is 2. The second kappa shape index (κ2) is 12.5. The van der Waals surface area contributed by atoms with Gasteiger partial charge in [0.15, 0.2) is 0 Å². The van der Waals surface area contributed by atoms with Crippen molar-refractivity contribution < 1.29 is 14.3 Å². The summed E-state index contributed by atoms with van der Waals surface area (Å²) in [6.45, 7) is 11.9. The Morgan fingerprint density at radius 2 is 1.79 bits per heavy atom. The number of nitrogens with one attached hydrogen (secondary N) is 1. The first-order valence-corrected chi connectivity index (χ1v) is 17.4. The van der Waals surface area contributed by atoms with Gasteiger partial charge in [-0.15, -0.1) is 0 Å². The van der Waals surface area contributed by atoms with Crippen LogP contribution < -0.4 is 15.0 Å². The maximum absolute atomic E-state index is 13.8. The fraction of sp³-hybridized carbons (Fsp3) is 0.514. The van der Waals surface area contributed by atoms with E-state index in [9.17, 15) is 4.79 Å². The number of ether oxygens (including phenoxy) is 2. The Balaban J connectivity index is 1.06. The number of imidazole rings is 1. The van der Waals surface area contributed by atoms with E-state index in [4.69, 9.17) is 19.4 Å². The zero-order chi connectivity index (χ0) is 32.0. The number of amides is 1. The highest BCUT2D eigenvalue weighted by atomic mass is 16.5. The summed E-state index contributed by atoms with van der Waals surface area (Å²) < 4.78 is 13.9. The summed E-state index contributed by atoms with van der Waals surface area (Å²) in [5, 5.41) is 3.17. The molecule has 3 fully saturated rings. The molecule has 2 bridgehead atoms. The largest absolute Gasteiger partial charge is 0.493 e. The standard InChI is InChI=1S/C37H45N7O3/c1-25-4-3-17-47-34-7-12-38-21-30(34)32-19-27(18-26(2)39-32)35(45)41-36-40-31-6-5-28(20-33(31)44(36)22-25)42-13-8-37(9-14-42)10-15-43(16-11-37)29-23-46-24-29/h5-7,12,18-21,25,29H,3-4,8-11,13-17,22-24H2,1-2H3,(H,40,41,45)/t25-/m1/s1. The number of fused-ring (bicyclic) bond motifs is 7. The molecule has 10 nitrogen and oxygen atoms in total. The summed E-state index contributed by atoms with van der Waals surface area (Å²) in [4.78, 5) is 33.0. The maximum atomic E-state index is 13.8. The number of piperidine rings is 2. The molecule has 47 heavy (non-hydrogen) atoms. The average molecular weight is 636 g/mol. The number of carbonyl (C=O) groups excluding carboxylic acids is 1. The lowest BCUT2D eigenvalue weighted by molar-refractivity contribution is -0.0834. The van der Waals surface area contributed by atoms with Crippen LogP contribution in [0.5, 0.6) is 5.75 Å². The van der Waals surface area contributed by atoms with E-state index in [-0.39, 0.29) is 5.91 Å². The third-order valence-electron chi connectivity index (χ3n) is 11.0. The highest BCUT2D eigenvalue weighted by Crippen LogP contribution is 2.43. The molecule has 1 N–H and O–H groups in total. The van der Waals surface area contributed by atoms with Crippen LogP contribution in [-0.2, 0) is 11.3 Å². The topological polar surface area (TPSA) is 97.6 Å². The molecule has 10 heteroatoms. The minimum absolute atomic E-state index is 0.209. The van der Waals surface area contributed by atoms with Crippen LogP contribution in [0.15, 0.2) is 48.8 Å². The van der Waals surface area contributed by atoms with E-state index in [0.29, 0.717) is 41.2 Å². The molecule has 0 saturated carbocycles. The van der Waals surface area contributed by atoms with E-state index in [1.165, 1.54) is 44.5 Å². The molecule has 0 radical (unpaired) electrons. The van der Waals surface area contributed by atoms with Gasteiger partial charge in [-0.2, -0.15) is 0 Å². The van der Waals surface area contributed by atoms with Gasteiger partial charge in [0.25, 0.3) is 5.91 Å². The summed E-state index contributed by atoms with van der Waals surface area (Å²) in [5.41, 5.74) is 6.40. The molecule has 7 heterocycles. The van der Waals surface area contributed by atoms with Gasteiger partial charge in [-0.1, -0.05) is 6.92 Å². The van der Waals surface area contributed by atoms with Gasteiger partial charge in [0.2, 0.25) is 5.95 Å². The Hall–Kier alpha value is -4.02. The number of hydrogen-bond donors (Lipinski definition) is 1. The number of pyridine rings is 2. The SMILES string of the molecule is Cc1cc2cc(n1)-c1cnccc1OCCC[C@@H](C)Cn1c(nc3ccc(N4CCC5(CC4)CCN(C4COC4)CC5)cc31)NC2=O. The predicted molar refractivity (Wildman–Crippen MR) is 183 cm³/mol. The number of aromatic nitrogens is 4. The molecule has 1 amide bonds. The molecular formula is C37H45N7O3. The number of hydrogen-bond acceptors (Lipinski definition) is 8. The lowest BCUT2D eigenvalue weighted by Gasteiger charge is -2.50. The van der Waals surface area contributed by atoms with Crippen LogP contribution >= 0.6 is 0 Å². The highest BCUT2D eigenvalue weighted by Gasteiger charge is 2.40. The van der Waals surface area contributed by atoms with Crippen LogP contribution in [-0.4, -0.2) is 82.4 Å². The predicted octanol–water partition coefficient (Wildman–Crippen LogP) is 5.94.